The molecule has 7 nitrogen and oxygen atoms in total. The monoisotopic (exact) mass is 478 g/mol. The minimum Gasteiger partial charge on any atom is -0.493 e. The molecular weight excluding hydrogens is 451 g/mol. The predicted molar refractivity (Wildman–Crippen MR) is 128 cm³/mol. The molecule has 3 aromatic carbocycles. The van der Waals surface area contributed by atoms with Crippen molar-refractivity contribution in [3.8, 4) is 17.2 Å². The zero-order chi connectivity index (χ0) is 24.9. The lowest BCUT2D eigenvalue weighted by Crippen LogP contribution is -2.34. The summed E-state index contributed by atoms with van der Waals surface area (Å²) in [5, 5.41) is 2.87. The standard InChI is InChI=1S/C27H27FN2O5/c1-33-23-12-19(13-24(34-2)26(23)35-3)22(30-16-18-6-4-5-7-21(18)27(30)32)14-25(31)29-15-17-8-10-20(28)11-9-17/h4-13,22H,14-16H2,1-3H3,(H,29,31). The number of methoxy groups -OCH3 is 3. The minimum absolute atomic E-state index is 0.0135. The van der Waals surface area contributed by atoms with E-state index in [1.54, 1.807) is 35.2 Å². The molecule has 0 radical (unpaired) electrons. The molecule has 1 aliphatic heterocycles. The van der Waals surface area contributed by atoms with Crippen molar-refractivity contribution < 1.29 is 28.2 Å². The van der Waals surface area contributed by atoms with Gasteiger partial charge < -0.3 is 24.4 Å². The van der Waals surface area contributed by atoms with Crippen LogP contribution in [0.2, 0.25) is 0 Å². The summed E-state index contributed by atoms with van der Waals surface area (Å²) in [6.07, 6.45) is 0.0135. The maximum absolute atomic E-state index is 13.3. The van der Waals surface area contributed by atoms with Gasteiger partial charge in [-0.25, -0.2) is 4.39 Å². The first-order valence-electron chi connectivity index (χ1n) is 11.1. The Morgan fingerprint density at radius 2 is 1.66 bits per heavy atom. The lowest BCUT2D eigenvalue weighted by molar-refractivity contribution is -0.122. The molecular formula is C27H27FN2O5. The molecule has 0 fully saturated rings. The molecule has 35 heavy (non-hydrogen) atoms. The van der Waals surface area contributed by atoms with E-state index < -0.39 is 6.04 Å². The van der Waals surface area contributed by atoms with E-state index >= 15 is 0 Å². The first-order chi connectivity index (χ1) is 16.9. The van der Waals surface area contributed by atoms with E-state index in [-0.39, 0.29) is 30.6 Å². The van der Waals surface area contributed by atoms with Crippen LogP contribution in [0.1, 0.15) is 39.5 Å². The summed E-state index contributed by atoms with van der Waals surface area (Å²) in [7, 11) is 4.55. The first kappa shape index (κ1) is 24.1. The number of halogens is 1. The number of carbonyl (C=O) groups excluding carboxylic acids is 2. The molecule has 1 aliphatic rings. The van der Waals surface area contributed by atoms with Gasteiger partial charge >= 0.3 is 0 Å². The lowest BCUT2D eigenvalue weighted by Gasteiger charge is -2.29. The average molecular weight is 479 g/mol. The van der Waals surface area contributed by atoms with Crippen LogP contribution in [0, 0.1) is 5.82 Å². The van der Waals surface area contributed by atoms with Crippen molar-refractivity contribution in [1.82, 2.24) is 10.2 Å². The van der Waals surface area contributed by atoms with E-state index in [4.69, 9.17) is 14.2 Å². The third-order valence-electron chi connectivity index (χ3n) is 6.08. The highest BCUT2D eigenvalue weighted by Crippen LogP contribution is 2.42. The Balaban J connectivity index is 1.64. The van der Waals surface area contributed by atoms with Crippen LogP contribution in [0.25, 0.3) is 0 Å². The number of hydrogen-bond donors (Lipinski definition) is 1. The molecule has 0 saturated carbocycles. The minimum atomic E-state index is -0.586. The first-order valence-corrected chi connectivity index (χ1v) is 11.1. The number of hydrogen-bond acceptors (Lipinski definition) is 5. The van der Waals surface area contributed by atoms with Gasteiger partial charge in [0.25, 0.3) is 5.91 Å². The van der Waals surface area contributed by atoms with Gasteiger partial charge in [-0.15, -0.1) is 0 Å². The van der Waals surface area contributed by atoms with Crippen molar-refractivity contribution in [3.63, 3.8) is 0 Å². The van der Waals surface area contributed by atoms with Crippen molar-refractivity contribution in [2.24, 2.45) is 0 Å². The van der Waals surface area contributed by atoms with E-state index in [0.29, 0.717) is 34.9 Å². The van der Waals surface area contributed by atoms with E-state index in [9.17, 15) is 14.0 Å². The normalized spacial score (nSPS) is 13.3. The van der Waals surface area contributed by atoms with Crippen LogP contribution < -0.4 is 19.5 Å². The third-order valence-corrected chi connectivity index (χ3v) is 6.08. The lowest BCUT2D eigenvalue weighted by atomic mass is 10.00. The molecule has 182 valence electrons. The third kappa shape index (κ3) is 5.06. The molecule has 0 aromatic heterocycles. The Morgan fingerprint density at radius 3 is 2.26 bits per heavy atom. The fraction of sp³-hybridized carbons (Fsp3) is 0.259. The van der Waals surface area contributed by atoms with Crippen LogP contribution in [0.5, 0.6) is 17.2 Å². The molecule has 2 amide bonds. The van der Waals surface area contributed by atoms with Crippen molar-refractivity contribution >= 4 is 11.8 Å². The van der Waals surface area contributed by atoms with Crippen molar-refractivity contribution in [2.75, 3.05) is 21.3 Å². The second kappa shape index (κ2) is 10.5. The molecule has 4 rings (SSSR count). The highest BCUT2D eigenvalue weighted by Gasteiger charge is 2.35. The number of nitrogens with zero attached hydrogens (tertiary/aromatic N) is 1. The number of rotatable bonds is 9. The van der Waals surface area contributed by atoms with Gasteiger partial charge in [-0.2, -0.15) is 0 Å². The van der Waals surface area contributed by atoms with Gasteiger partial charge in [-0.3, -0.25) is 9.59 Å². The fourth-order valence-electron chi connectivity index (χ4n) is 4.28. The topological polar surface area (TPSA) is 77.1 Å². The summed E-state index contributed by atoms with van der Waals surface area (Å²) in [6, 6.07) is 16.3. The Hall–Kier alpha value is -4.07. The highest BCUT2D eigenvalue weighted by atomic mass is 19.1. The van der Waals surface area contributed by atoms with Crippen molar-refractivity contribution in [2.45, 2.75) is 25.6 Å². The van der Waals surface area contributed by atoms with Crippen LogP contribution in [0.4, 0.5) is 4.39 Å². The van der Waals surface area contributed by atoms with E-state index in [1.807, 2.05) is 18.2 Å². The van der Waals surface area contributed by atoms with Crippen molar-refractivity contribution in [1.29, 1.82) is 0 Å². The summed E-state index contributed by atoms with van der Waals surface area (Å²) < 4.78 is 29.6. The van der Waals surface area contributed by atoms with Crippen LogP contribution in [0.15, 0.2) is 60.7 Å². The SMILES string of the molecule is COc1cc(C(CC(=O)NCc2ccc(F)cc2)N2Cc3ccccc3C2=O)cc(OC)c1OC. The average Bonchev–Trinajstić information content (AvgIpc) is 3.22. The predicted octanol–water partition coefficient (Wildman–Crippen LogP) is 4.26. The van der Waals surface area contributed by atoms with Crippen molar-refractivity contribution in [3.05, 3.63) is 88.7 Å². The second-order valence-corrected chi connectivity index (χ2v) is 8.17. The van der Waals surface area contributed by atoms with Crippen LogP contribution >= 0.6 is 0 Å². The van der Waals surface area contributed by atoms with Gasteiger partial charge in [-0.05, 0) is 47.0 Å². The van der Waals surface area contributed by atoms with Gasteiger partial charge in [-0.1, -0.05) is 30.3 Å². The summed E-state index contributed by atoms with van der Waals surface area (Å²) >= 11 is 0. The van der Waals surface area contributed by atoms with E-state index in [2.05, 4.69) is 5.32 Å². The number of carbonyl (C=O) groups is 2. The zero-order valence-corrected chi connectivity index (χ0v) is 19.8. The molecule has 1 heterocycles. The van der Waals surface area contributed by atoms with Gasteiger partial charge in [0.15, 0.2) is 11.5 Å². The Labute approximate surface area is 203 Å². The van der Waals surface area contributed by atoms with Crippen LogP contribution in [-0.4, -0.2) is 38.0 Å². The van der Waals surface area contributed by atoms with E-state index in [1.165, 1.54) is 33.5 Å². The van der Waals surface area contributed by atoms with Gasteiger partial charge in [0.05, 0.1) is 33.8 Å². The van der Waals surface area contributed by atoms with Crippen LogP contribution in [0.3, 0.4) is 0 Å². The molecule has 8 heteroatoms. The zero-order valence-electron chi connectivity index (χ0n) is 19.8. The second-order valence-electron chi connectivity index (χ2n) is 8.17. The quantitative estimate of drug-likeness (QED) is 0.498. The smallest absolute Gasteiger partial charge is 0.255 e. The van der Waals surface area contributed by atoms with Gasteiger partial charge in [0.1, 0.15) is 5.82 Å². The summed E-state index contributed by atoms with van der Waals surface area (Å²) in [5.74, 6) is 0.553. The molecule has 3 aromatic rings. The Kier molecular flexibility index (Phi) is 7.19. The molecule has 1 N–H and O–H groups in total. The maximum Gasteiger partial charge on any atom is 0.255 e. The largest absolute Gasteiger partial charge is 0.493 e. The highest BCUT2D eigenvalue weighted by molar-refractivity contribution is 5.99. The fourth-order valence-corrected chi connectivity index (χ4v) is 4.28. The molecule has 1 unspecified atom stereocenters. The van der Waals surface area contributed by atoms with Gasteiger partial charge in [0, 0.05) is 18.7 Å². The number of amides is 2. The number of nitrogens with one attached hydrogen (secondary N) is 1. The molecule has 1 atom stereocenters. The molecule has 0 saturated heterocycles. The van der Waals surface area contributed by atoms with Gasteiger partial charge in [0.2, 0.25) is 11.7 Å². The Bertz CT molecular complexity index is 1200. The van der Waals surface area contributed by atoms with Crippen LogP contribution in [-0.2, 0) is 17.9 Å². The van der Waals surface area contributed by atoms with E-state index in [0.717, 1.165) is 11.1 Å². The number of benzene rings is 3. The Morgan fingerprint density at radius 1 is 1.00 bits per heavy atom. The molecule has 0 bridgehead atoms. The number of fused-ring (bicyclic) bond motifs is 1. The molecule has 0 aliphatic carbocycles. The summed E-state index contributed by atoms with van der Waals surface area (Å²) in [5.41, 5.74) is 2.98. The maximum atomic E-state index is 13.3. The number of ether oxygens (including phenoxy) is 3. The summed E-state index contributed by atoms with van der Waals surface area (Å²) in [4.78, 5) is 28.0. The summed E-state index contributed by atoms with van der Waals surface area (Å²) in [6.45, 7) is 0.622. The molecule has 0 spiro atoms.